The molecule has 2 aromatic heterocycles. The predicted octanol–water partition coefficient (Wildman–Crippen LogP) is 6.63. The first kappa shape index (κ1) is 22.7. The lowest BCUT2D eigenvalue weighted by molar-refractivity contribution is 0.0663. The van der Waals surface area contributed by atoms with Gasteiger partial charge in [-0.1, -0.05) is 54.9 Å². The molecular formula is C29H30ClN3O. The van der Waals surface area contributed by atoms with Crippen molar-refractivity contribution in [2.75, 3.05) is 13.1 Å². The Labute approximate surface area is 206 Å². The van der Waals surface area contributed by atoms with Gasteiger partial charge >= 0.3 is 0 Å². The van der Waals surface area contributed by atoms with E-state index >= 15 is 0 Å². The van der Waals surface area contributed by atoms with Gasteiger partial charge < -0.3 is 9.47 Å². The fourth-order valence-corrected chi connectivity index (χ4v) is 5.69. The highest BCUT2D eigenvalue weighted by Gasteiger charge is 2.37. The first-order valence-electron chi connectivity index (χ1n) is 12.0. The van der Waals surface area contributed by atoms with Gasteiger partial charge in [0.25, 0.3) is 5.91 Å². The van der Waals surface area contributed by atoms with Crippen molar-refractivity contribution in [3.05, 3.63) is 100 Å². The monoisotopic (exact) mass is 471 g/mol. The molecule has 0 unspecified atom stereocenters. The van der Waals surface area contributed by atoms with E-state index in [2.05, 4.69) is 47.7 Å². The van der Waals surface area contributed by atoms with E-state index in [1.54, 1.807) is 6.20 Å². The number of hydrogen-bond donors (Lipinski definition) is 0. The number of halogens is 1. The number of carbonyl (C=O) groups is 1. The second-order valence-electron chi connectivity index (χ2n) is 9.39. The Bertz CT molecular complexity index is 1320. The van der Waals surface area contributed by atoms with Crippen LogP contribution in [0.25, 0.3) is 10.9 Å². The number of amides is 1. The third-order valence-electron chi connectivity index (χ3n) is 7.53. The van der Waals surface area contributed by atoms with Crippen LogP contribution in [-0.2, 0) is 12.0 Å². The second kappa shape index (κ2) is 9.27. The van der Waals surface area contributed by atoms with E-state index in [9.17, 15) is 4.79 Å². The van der Waals surface area contributed by atoms with Crippen molar-refractivity contribution < 1.29 is 4.79 Å². The van der Waals surface area contributed by atoms with E-state index in [-0.39, 0.29) is 11.3 Å². The molecule has 3 heterocycles. The SMILES string of the molecule is CCC1(c2ccccc2C)CCN(C(=O)c2cn(Cc3ccccn3)c3cc(Cl)ccc23)CC1. The summed E-state index contributed by atoms with van der Waals surface area (Å²) in [6.45, 7) is 6.60. The number of aryl methyl sites for hydroxylation is 1. The quantitative estimate of drug-likeness (QED) is 0.327. The lowest BCUT2D eigenvalue weighted by Crippen LogP contribution is -2.45. The van der Waals surface area contributed by atoms with Crippen molar-refractivity contribution in [3.8, 4) is 0 Å². The summed E-state index contributed by atoms with van der Waals surface area (Å²) in [5.74, 6) is 0.0987. The Morgan fingerprint density at radius 2 is 1.82 bits per heavy atom. The van der Waals surface area contributed by atoms with Gasteiger partial charge in [0.2, 0.25) is 0 Å². The van der Waals surface area contributed by atoms with Crippen LogP contribution in [0.2, 0.25) is 5.02 Å². The first-order valence-corrected chi connectivity index (χ1v) is 12.4. The Morgan fingerprint density at radius 1 is 1.06 bits per heavy atom. The van der Waals surface area contributed by atoms with Gasteiger partial charge in [-0.15, -0.1) is 0 Å². The average Bonchev–Trinajstić information content (AvgIpc) is 3.22. The molecule has 0 bridgehead atoms. The largest absolute Gasteiger partial charge is 0.341 e. The van der Waals surface area contributed by atoms with E-state index < -0.39 is 0 Å². The summed E-state index contributed by atoms with van der Waals surface area (Å²) in [5.41, 5.74) is 5.57. The number of aromatic nitrogens is 2. The average molecular weight is 472 g/mol. The molecule has 1 aliphatic heterocycles. The molecular weight excluding hydrogens is 442 g/mol. The molecule has 1 aliphatic rings. The summed E-state index contributed by atoms with van der Waals surface area (Å²) in [5, 5.41) is 1.60. The van der Waals surface area contributed by atoms with Crippen LogP contribution in [-0.4, -0.2) is 33.4 Å². The molecule has 0 radical (unpaired) electrons. The third kappa shape index (κ3) is 4.12. The van der Waals surface area contributed by atoms with Crippen molar-refractivity contribution in [2.24, 2.45) is 0 Å². The minimum absolute atomic E-state index is 0.0987. The standard InChI is InChI=1S/C29H30ClN3O/c1-3-29(26-10-5-4-8-21(26)2)13-16-32(17-14-29)28(34)25-20-33(19-23-9-6-7-15-31-23)27-18-22(30)11-12-24(25)27/h4-12,15,18,20H,3,13-14,16-17,19H2,1-2H3. The Balaban J connectivity index is 1.43. The van der Waals surface area contributed by atoms with Gasteiger partial charge in [-0.3, -0.25) is 9.78 Å². The Hall–Kier alpha value is -3.11. The molecule has 1 amide bonds. The van der Waals surface area contributed by atoms with Gasteiger partial charge in [0.05, 0.1) is 23.3 Å². The van der Waals surface area contributed by atoms with Crippen LogP contribution in [0, 0.1) is 6.92 Å². The fourth-order valence-electron chi connectivity index (χ4n) is 5.52. The van der Waals surface area contributed by atoms with E-state index in [0.29, 0.717) is 11.6 Å². The van der Waals surface area contributed by atoms with Crippen molar-refractivity contribution in [2.45, 2.75) is 45.1 Å². The minimum Gasteiger partial charge on any atom is -0.341 e. The summed E-state index contributed by atoms with van der Waals surface area (Å²) in [7, 11) is 0. The van der Waals surface area contributed by atoms with Crippen molar-refractivity contribution >= 4 is 28.4 Å². The van der Waals surface area contributed by atoms with E-state index in [1.165, 1.54) is 11.1 Å². The number of fused-ring (bicyclic) bond motifs is 1. The van der Waals surface area contributed by atoms with Crippen LogP contribution in [0.3, 0.4) is 0 Å². The van der Waals surface area contributed by atoms with Crippen molar-refractivity contribution in [1.82, 2.24) is 14.5 Å². The molecule has 5 rings (SSSR count). The fraction of sp³-hybridized carbons (Fsp3) is 0.310. The number of likely N-dealkylation sites (tertiary alicyclic amines) is 1. The Morgan fingerprint density at radius 3 is 2.53 bits per heavy atom. The van der Waals surface area contributed by atoms with E-state index in [1.807, 2.05) is 47.5 Å². The molecule has 0 aliphatic carbocycles. The van der Waals surface area contributed by atoms with Gasteiger partial charge in [0.15, 0.2) is 0 Å². The lowest BCUT2D eigenvalue weighted by Gasteiger charge is -2.42. The number of rotatable bonds is 5. The molecule has 2 aromatic carbocycles. The Kier molecular flexibility index (Phi) is 6.18. The zero-order valence-electron chi connectivity index (χ0n) is 19.8. The van der Waals surface area contributed by atoms with Crippen molar-refractivity contribution in [1.29, 1.82) is 0 Å². The molecule has 1 saturated heterocycles. The molecule has 0 saturated carbocycles. The molecule has 174 valence electrons. The van der Waals surface area contributed by atoms with Crippen LogP contribution >= 0.6 is 11.6 Å². The van der Waals surface area contributed by atoms with E-state index in [0.717, 1.165) is 54.5 Å². The van der Waals surface area contributed by atoms with Crippen LogP contribution in [0.5, 0.6) is 0 Å². The third-order valence-corrected chi connectivity index (χ3v) is 7.77. The van der Waals surface area contributed by atoms with Crippen LogP contribution in [0.1, 0.15) is 53.4 Å². The van der Waals surface area contributed by atoms with Gasteiger partial charge in [-0.2, -0.15) is 0 Å². The number of hydrogen-bond acceptors (Lipinski definition) is 2. The number of benzene rings is 2. The second-order valence-corrected chi connectivity index (χ2v) is 9.83. The first-order chi connectivity index (χ1) is 16.5. The van der Waals surface area contributed by atoms with Crippen molar-refractivity contribution in [3.63, 3.8) is 0 Å². The zero-order chi connectivity index (χ0) is 23.7. The number of carbonyl (C=O) groups excluding carboxylic acids is 1. The smallest absolute Gasteiger partial charge is 0.256 e. The van der Waals surface area contributed by atoms with Crippen LogP contribution in [0.15, 0.2) is 73.1 Å². The van der Waals surface area contributed by atoms with Gasteiger partial charge in [0.1, 0.15) is 0 Å². The van der Waals surface area contributed by atoms with Gasteiger partial charge in [0, 0.05) is 35.9 Å². The maximum atomic E-state index is 13.7. The van der Waals surface area contributed by atoms with Crippen LogP contribution in [0.4, 0.5) is 0 Å². The summed E-state index contributed by atoms with van der Waals surface area (Å²) < 4.78 is 2.09. The summed E-state index contributed by atoms with van der Waals surface area (Å²) in [6, 6.07) is 20.4. The summed E-state index contributed by atoms with van der Waals surface area (Å²) in [4.78, 5) is 20.2. The zero-order valence-corrected chi connectivity index (χ0v) is 20.6. The minimum atomic E-state index is 0.0987. The number of pyridine rings is 1. The summed E-state index contributed by atoms with van der Waals surface area (Å²) in [6.07, 6.45) is 6.82. The highest BCUT2D eigenvalue weighted by atomic mass is 35.5. The molecule has 0 atom stereocenters. The molecule has 34 heavy (non-hydrogen) atoms. The highest BCUT2D eigenvalue weighted by Crippen LogP contribution is 2.40. The summed E-state index contributed by atoms with van der Waals surface area (Å²) >= 11 is 6.33. The lowest BCUT2D eigenvalue weighted by atomic mass is 9.69. The topological polar surface area (TPSA) is 38.1 Å². The van der Waals surface area contributed by atoms with E-state index in [4.69, 9.17) is 11.6 Å². The molecule has 5 heteroatoms. The molecule has 4 nitrogen and oxygen atoms in total. The maximum absolute atomic E-state index is 13.7. The van der Waals surface area contributed by atoms with Crippen LogP contribution < -0.4 is 0 Å². The number of piperidine rings is 1. The molecule has 4 aromatic rings. The maximum Gasteiger partial charge on any atom is 0.256 e. The number of nitrogens with zero attached hydrogens (tertiary/aromatic N) is 3. The molecule has 0 spiro atoms. The molecule has 1 fully saturated rings. The molecule has 0 N–H and O–H groups in total. The van der Waals surface area contributed by atoms with Gasteiger partial charge in [-0.05, 0) is 67.0 Å². The normalized spacial score (nSPS) is 15.6. The van der Waals surface area contributed by atoms with Gasteiger partial charge in [-0.25, -0.2) is 0 Å². The highest BCUT2D eigenvalue weighted by molar-refractivity contribution is 6.31. The predicted molar refractivity (Wildman–Crippen MR) is 139 cm³/mol.